The summed E-state index contributed by atoms with van der Waals surface area (Å²) in [7, 11) is 0. The number of rotatable bonds is 9. The van der Waals surface area contributed by atoms with Gasteiger partial charge in [0.25, 0.3) is 0 Å². The second kappa shape index (κ2) is 22.0. The van der Waals surface area contributed by atoms with Crippen LogP contribution in [-0.4, -0.2) is 3.21 Å². The molecule has 7 aromatic rings. The van der Waals surface area contributed by atoms with Crippen molar-refractivity contribution in [2.75, 3.05) is 0 Å². The standard InChI is InChI=1S/C31H29.C15H12F2.C5H5.2ClH.Zr/c1-21(2)29(24-10-6-4-7-11-24)18-23-14-15-28-26(17-23)19-27-20-30(22(3)16-31(27)28)25-12-8-5-9-13-25;16-14-8-2-6-12(10-14)4-1-5-13-7-3-9-15(17)11-13;1-2-4-5-3-1;;;/h4-16,20-21,29H,18-19H2,1-3H3;2-3,6-11H,4-5H2;1-5H;2*1H;/q-1;;-1;;;+2/p-2. The van der Waals surface area contributed by atoms with Gasteiger partial charge < -0.3 is 24.8 Å². The molecule has 0 spiro atoms. The van der Waals surface area contributed by atoms with Crippen LogP contribution < -0.4 is 24.8 Å². The van der Waals surface area contributed by atoms with Crippen LogP contribution in [0.2, 0.25) is 0 Å². The third kappa shape index (κ3) is 12.4. The summed E-state index contributed by atoms with van der Waals surface area (Å²) in [5, 5.41) is 0. The van der Waals surface area contributed by atoms with Gasteiger partial charge in [-0.05, 0) is 59.4 Å². The van der Waals surface area contributed by atoms with Crippen LogP contribution in [0.25, 0.3) is 22.3 Å². The van der Waals surface area contributed by atoms with Crippen LogP contribution in [0.3, 0.4) is 0 Å². The van der Waals surface area contributed by atoms with Crippen molar-refractivity contribution in [2.45, 2.75) is 52.4 Å². The first-order chi connectivity index (χ1) is 26.2. The fraction of sp³-hybridized carbons (Fsp3) is 0.176. The van der Waals surface area contributed by atoms with Gasteiger partial charge >= 0.3 is 120 Å². The van der Waals surface area contributed by atoms with Crippen LogP contribution in [0.5, 0.6) is 0 Å². The molecule has 0 radical (unpaired) electrons. The van der Waals surface area contributed by atoms with E-state index in [1.165, 1.54) is 89.6 Å². The Hall–Kier alpha value is -4.14. The van der Waals surface area contributed by atoms with E-state index in [0.29, 0.717) is 11.8 Å². The Morgan fingerprint density at radius 1 is 0.661 bits per heavy atom. The molecule has 8 rings (SSSR count). The topological polar surface area (TPSA) is 0 Å². The van der Waals surface area contributed by atoms with Crippen molar-refractivity contribution in [1.29, 1.82) is 0 Å². The molecular formula is C51H46Cl2F2Zr-2. The zero-order valence-corrected chi connectivity index (χ0v) is 36.1. The van der Waals surface area contributed by atoms with Gasteiger partial charge in [0.1, 0.15) is 0 Å². The third-order valence-corrected chi connectivity index (χ3v) is 10.8. The predicted octanol–water partition coefficient (Wildman–Crippen LogP) is 6.90. The van der Waals surface area contributed by atoms with Gasteiger partial charge in [-0.25, -0.2) is 12.1 Å². The molecule has 56 heavy (non-hydrogen) atoms. The summed E-state index contributed by atoms with van der Waals surface area (Å²) in [5.74, 6) is 0.701. The van der Waals surface area contributed by atoms with Crippen molar-refractivity contribution in [3.05, 3.63) is 220 Å². The molecule has 0 saturated carbocycles. The SMILES string of the molecule is Cc1cc2c(cc1-c1ccccc1)Cc1[c-]c(CC(c3ccccc3)C(C)C)ccc1-2.Fc1cccc(C[C](=[Zr+2])Cc2cccc(F)c2)c1.[Cl-].[Cl-].c1cc[cH-]c1. The molecule has 0 nitrogen and oxygen atoms in total. The van der Waals surface area contributed by atoms with Crippen LogP contribution in [0.4, 0.5) is 8.78 Å². The van der Waals surface area contributed by atoms with Crippen LogP contribution >= 0.6 is 0 Å². The minimum Gasteiger partial charge on any atom is -1.00 e. The number of benzene rings is 6. The summed E-state index contributed by atoms with van der Waals surface area (Å²) in [6.45, 7) is 6.88. The molecule has 0 N–H and O–H groups in total. The molecule has 5 heteroatoms. The number of fused-ring (bicyclic) bond motifs is 3. The maximum absolute atomic E-state index is 13.0. The Bertz CT molecular complexity index is 2200. The molecule has 0 fully saturated rings. The first-order valence-electron chi connectivity index (χ1n) is 18.7. The van der Waals surface area contributed by atoms with E-state index in [1.807, 2.05) is 42.5 Å². The number of halogens is 4. The molecule has 7 aromatic carbocycles. The molecule has 1 aliphatic carbocycles. The molecule has 0 aromatic heterocycles. The van der Waals surface area contributed by atoms with Crippen molar-refractivity contribution < 1.29 is 57.8 Å². The van der Waals surface area contributed by atoms with Gasteiger partial charge in [-0.1, -0.05) is 92.2 Å². The molecular weight excluding hydrogens is 813 g/mol. The smallest absolute Gasteiger partial charge is 0.172 e. The van der Waals surface area contributed by atoms with E-state index in [2.05, 4.69) is 112 Å². The van der Waals surface area contributed by atoms with Crippen molar-refractivity contribution in [3.8, 4) is 22.3 Å². The molecule has 0 heterocycles. The minimum atomic E-state index is -0.207. The number of hydrogen-bond acceptors (Lipinski definition) is 0. The van der Waals surface area contributed by atoms with Gasteiger partial charge in [-0.2, -0.15) is 42.0 Å². The third-order valence-electron chi connectivity index (χ3n) is 9.92. The Balaban J connectivity index is 0.000000236. The van der Waals surface area contributed by atoms with Crippen molar-refractivity contribution in [1.82, 2.24) is 0 Å². The normalized spacial score (nSPS) is 11.4. The molecule has 1 aliphatic rings. The second-order valence-corrected chi connectivity index (χ2v) is 16.1. The molecule has 1 unspecified atom stereocenters. The van der Waals surface area contributed by atoms with Crippen molar-refractivity contribution in [3.63, 3.8) is 0 Å². The average Bonchev–Trinajstić information content (AvgIpc) is 3.87. The zero-order valence-electron chi connectivity index (χ0n) is 32.1. The van der Waals surface area contributed by atoms with Gasteiger partial charge in [0, 0.05) is 0 Å². The first-order valence-corrected chi connectivity index (χ1v) is 20.0. The Morgan fingerprint density at radius 2 is 1.25 bits per heavy atom. The fourth-order valence-electron chi connectivity index (χ4n) is 7.21. The zero-order chi connectivity index (χ0) is 37.9. The van der Waals surface area contributed by atoms with Crippen LogP contribution in [0, 0.1) is 30.5 Å². The summed E-state index contributed by atoms with van der Waals surface area (Å²) in [6, 6.07) is 58.1. The van der Waals surface area contributed by atoms with Gasteiger partial charge in [0.05, 0.1) is 0 Å². The van der Waals surface area contributed by atoms with E-state index in [9.17, 15) is 8.78 Å². The summed E-state index contributed by atoms with van der Waals surface area (Å²) in [6.07, 6.45) is 3.54. The monoisotopic (exact) mass is 856 g/mol. The summed E-state index contributed by atoms with van der Waals surface area (Å²) < 4.78 is 27.4. The van der Waals surface area contributed by atoms with Crippen LogP contribution in [-0.2, 0) is 49.9 Å². The van der Waals surface area contributed by atoms with Crippen LogP contribution in [0.15, 0.2) is 164 Å². The minimum absolute atomic E-state index is 0. The maximum atomic E-state index is 13.0. The van der Waals surface area contributed by atoms with E-state index in [0.717, 1.165) is 36.8 Å². The van der Waals surface area contributed by atoms with E-state index in [1.54, 1.807) is 24.3 Å². The Labute approximate surface area is 359 Å². The van der Waals surface area contributed by atoms with E-state index < -0.39 is 0 Å². The predicted molar refractivity (Wildman–Crippen MR) is 219 cm³/mol. The van der Waals surface area contributed by atoms with Gasteiger partial charge in [0.15, 0.2) is 0 Å². The van der Waals surface area contributed by atoms with Crippen LogP contribution in [0.1, 0.15) is 58.7 Å². The first kappa shape index (κ1) is 44.6. The average molecular weight is 859 g/mol. The second-order valence-electron chi connectivity index (χ2n) is 14.4. The largest absolute Gasteiger partial charge is 1.00 e. The summed E-state index contributed by atoms with van der Waals surface area (Å²) in [5.41, 5.74) is 14.2. The molecule has 284 valence electrons. The van der Waals surface area contributed by atoms with Gasteiger partial charge in [0.2, 0.25) is 0 Å². The quantitative estimate of drug-likeness (QED) is 0.139. The van der Waals surface area contributed by atoms with E-state index in [4.69, 9.17) is 0 Å². The van der Waals surface area contributed by atoms with E-state index in [-0.39, 0.29) is 36.4 Å². The number of hydrogen-bond donors (Lipinski definition) is 0. The summed E-state index contributed by atoms with van der Waals surface area (Å²) >= 11 is 1.31. The fourth-order valence-corrected chi connectivity index (χ4v) is 8.22. The van der Waals surface area contributed by atoms with Crippen molar-refractivity contribution >= 4 is 3.21 Å². The molecule has 1 atom stereocenters. The molecule has 0 amide bonds. The molecule has 0 aliphatic heterocycles. The summed E-state index contributed by atoms with van der Waals surface area (Å²) in [4.78, 5) is 0. The van der Waals surface area contributed by atoms with Gasteiger partial charge in [-0.3, -0.25) is 0 Å². The maximum Gasteiger partial charge on any atom is -0.172 e. The Morgan fingerprint density at radius 3 is 1.79 bits per heavy atom. The van der Waals surface area contributed by atoms with Crippen molar-refractivity contribution in [2.24, 2.45) is 5.92 Å². The molecule has 0 bridgehead atoms. The Kier molecular flexibility index (Phi) is 17.5. The molecule has 0 saturated heterocycles. The van der Waals surface area contributed by atoms with E-state index >= 15 is 0 Å². The number of aryl methyl sites for hydroxylation is 1. The van der Waals surface area contributed by atoms with Gasteiger partial charge in [-0.15, -0.1) is 11.1 Å².